The van der Waals surface area contributed by atoms with Crippen molar-refractivity contribution >= 4 is 41.6 Å². The standard InChI is InChI=1S/C24H24N4O4S/c25-21(29)18-7-4-8-19(13-18)27-22(30)20-15-33-23(17-9-11-26-12-10-17)28(20)24(31)32-14-16-5-2-1-3-6-16/h1-9,11-13,17,20,23H,10,14-15H2,(H2,25,29)(H,27,30)/t17?,20-,23?/m0/s1. The van der Waals surface area contributed by atoms with E-state index in [1.807, 2.05) is 36.4 Å². The number of rotatable bonds is 6. The molecular weight excluding hydrogens is 440 g/mol. The van der Waals surface area contributed by atoms with Crippen LogP contribution in [0.1, 0.15) is 22.3 Å². The number of nitrogens with one attached hydrogen (secondary N) is 1. The molecule has 2 heterocycles. The van der Waals surface area contributed by atoms with Crippen LogP contribution < -0.4 is 11.1 Å². The zero-order chi connectivity index (χ0) is 23.2. The maximum absolute atomic E-state index is 13.2. The van der Waals surface area contributed by atoms with Gasteiger partial charge in [-0.15, -0.1) is 11.8 Å². The van der Waals surface area contributed by atoms with Gasteiger partial charge >= 0.3 is 6.09 Å². The van der Waals surface area contributed by atoms with E-state index in [1.165, 1.54) is 22.7 Å². The van der Waals surface area contributed by atoms with Gasteiger partial charge in [-0.1, -0.05) is 42.5 Å². The highest BCUT2D eigenvalue weighted by Crippen LogP contribution is 2.37. The average Bonchev–Trinajstić information content (AvgIpc) is 3.29. The molecule has 0 radical (unpaired) electrons. The van der Waals surface area contributed by atoms with Crippen molar-refractivity contribution in [1.82, 2.24) is 4.90 Å². The van der Waals surface area contributed by atoms with E-state index in [1.54, 1.807) is 30.6 Å². The molecule has 9 heteroatoms. The predicted octanol–water partition coefficient (Wildman–Crippen LogP) is 3.41. The number of thioether (sulfide) groups is 1. The van der Waals surface area contributed by atoms with E-state index in [0.717, 1.165) is 5.56 Å². The Balaban J connectivity index is 1.52. The second kappa shape index (κ2) is 10.4. The molecule has 0 saturated carbocycles. The number of nitrogens with two attached hydrogens (primary N) is 1. The van der Waals surface area contributed by atoms with Gasteiger partial charge in [-0.3, -0.25) is 19.5 Å². The van der Waals surface area contributed by atoms with Crippen molar-refractivity contribution in [3.05, 3.63) is 78.0 Å². The lowest BCUT2D eigenvalue weighted by atomic mass is 10.0. The second-order valence-corrected chi connectivity index (χ2v) is 8.84. The van der Waals surface area contributed by atoms with E-state index in [4.69, 9.17) is 10.5 Å². The Morgan fingerprint density at radius 2 is 1.97 bits per heavy atom. The molecule has 3 atom stereocenters. The average molecular weight is 465 g/mol. The zero-order valence-electron chi connectivity index (χ0n) is 17.8. The van der Waals surface area contributed by atoms with Crippen molar-refractivity contribution in [2.24, 2.45) is 16.6 Å². The summed E-state index contributed by atoms with van der Waals surface area (Å²) in [4.78, 5) is 43.4. The van der Waals surface area contributed by atoms with Crippen molar-refractivity contribution < 1.29 is 19.1 Å². The molecule has 2 aromatic rings. The van der Waals surface area contributed by atoms with Gasteiger partial charge in [-0.2, -0.15) is 0 Å². The number of ether oxygens (including phenoxy) is 1. The molecule has 3 N–H and O–H groups in total. The molecular formula is C24H24N4O4S. The summed E-state index contributed by atoms with van der Waals surface area (Å²) in [6, 6.07) is 15.1. The fourth-order valence-electron chi connectivity index (χ4n) is 3.75. The minimum absolute atomic E-state index is 0.0211. The van der Waals surface area contributed by atoms with Crippen molar-refractivity contribution in [1.29, 1.82) is 0 Å². The van der Waals surface area contributed by atoms with Crippen LogP contribution >= 0.6 is 11.8 Å². The molecule has 3 amide bonds. The van der Waals surface area contributed by atoms with Crippen LogP contribution in [0.3, 0.4) is 0 Å². The Labute approximate surface area is 195 Å². The van der Waals surface area contributed by atoms with E-state index in [9.17, 15) is 14.4 Å². The lowest BCUT2D eigenvalue weighted by Crippen LogP contribution is -2.49. The fraction of sp³-hybridized carbons (Fsp3) is 0.250. The molecule has 2 aliphatic rings. The summed E-state index contributed by atoms with van der Waals surface area (Å²) >= 11 is 1.54. The number of carbonyl (C=O) groups excluding carboxylic acids is 3. The Kier molecular flexibility index (Phi) is 7.09. The van der Waals surface area contributed by atoms with Crippen molar-refractivity contribution in [2.75, 3.05) is 11.1 Å². The fourth-order valence-corrected chi connectivity index (χ4v) is 5.29. The molecule has 0 spiro atoms. The monoisotopic (exact) mass is 464 g/mol. The zero-order valence-corrected chi connectivity index (χ0v) is 18.6. The summed E-state index contributed by atoms with van der Waals surface area (Å²) in [5.41, 5.74) is 6.93. The molecule has 1 fully saturated rings. The Morgan fingerprint density at radius 1 is 1.15 bits per heavy atom. The number of primary amides is 1. The predicted molar refractivity (Wildman–Crippen MR) is 128 cm³/mol. The largest absolute Gasteiger partial charge is 0.445 e. The lowest BCUT2D eigenvalue weighted by molar-refractivity contribution is -0.120. The molecule has 1 saturated heterocycles. The van der Waals surface area contributed by atoms with Gasteiger partial charge in [0.25, 0.3) is 0 Å². The first kappa shape index (κ1) is 22.6. The van der Waals surface area contributed by atoms with Crippen molar-refractivity contribution in [3.8, 4) is 0 Å². The third kappa shape index (κ3) is 5.43. The second-order valence-electron chi connectivity index (χ2n) is 7.69. The van der Waals surface area contributed by atoms with E-state index < -0.39 is 18.0 Å². The van der Waals surface area contributed by atoms with Crippen LogP contribution in [0, 0.1) is 5.92 Å². The van der Waals surface area contributed by atoms with Gasteiger partial charge < -0.3 is 15.8 Å². The number of aliphatic imine (C=N–C) groups is 1. The van der Waals surface area contributed by atoms with Crippen LogP contribution in [0.25, 0.3) is 0 Å². The molecule has 170 valence electrons. The summed E-state index contributed by atoms with van der Waals surface area (Å²) in [6.07, 6.45) is 5.60. The van der Waals surface area contributed by atoms with Crippen LogP contribution in [-0.4, -0.2) is 46.2 Å². The summed E-state index contributed by atoms with van der Waals surface area (Å²) in [7, 11) is 0. The number of benzene rings is 2. The molecule has 2 aromatic carbocycles. The number of hydrogen-bond acceptors (Lipinski definition) is 6. The molecule has 33 heavy (non-hydrogen) atoms. The molecule has 2 aliphatic heterocycles. The number of anilines is 1. The van der Waals surface area contributed by atoms with Crippen LogP contribution in [0.15, 0.2) is 71.9 Å². The minimum atomic E-state index is -0.729. The molecule has 0 aliphatic carbocycles. The number of hydrogen-bond donors (Lipinski definition) is 2. The molecule has 2 unspecified atom stereocenters. The normalized spacial score (nSPS) is 21.6. The lowest BCUT2D eigenvalue weighted by Gasteiger charge is -2.31. The van der Waals surface area contributed by atoms with Gasteiger partial charge in [0, 0.05) is 35.3 Å². The highest BCUT2D eigenvalue weighted by Gasteiger charge is 2.45. The Hall–Kier alpha value is -3.59. The molecule has 0 bridgehead atoms. The number of carbonyl (C=O) groups is 3. The SMILES string of the molecule is NC(=O)c1cccc(NC(=O)[C@@H]2CSC(C3C=CN=CC3)N2C(=O)OCc2ccccc2)c1. The summed E-state index contributed by atoms with van der Waals surface area (Å²) in [5.74, 6) is -0.488. The van der Waals surface area contributed by atoms with Gasteiger partial charge in [-0.05, 0) is 30.2 Å². The van der Waals surface area contributed by atoms with E-state index in [2.05, 4.69) is 10.3 Å². The molecule has 4 rings (SSSR count). The third-order valence-electron chi connectivity index (χ3n) is 5.44. The van der Waals surface area contributed by atoms with Gasteiger partial charge in [0.2, 0.25) is 11.8 Å². The van der Waals surface area contributed by atoms with E-state index in [0.29, 0.717) is 17.9 Å². The highest BCUT2D eigenvalue weighted by atomic mass is 32.2. The number of nitrogens with zero attached hydrogens (tertiary/aromatic N) is 2. The van der Waals surface area contributed by atoms with Crippen LogP contribution in [0.4, 0.5) is 10.5 Å². The van der Waals surface area contributed by atoms with Gasteiger partial charge in [-0.25, -0.2) is 4.79 Å². The van der Waals surface area contributed by atoms with E-state index in [-0.39, 0.29) is 29.4 Å². The Morgan fingerprint density at radius 3 is 2.70 bits per heavy atom. The van der Waals surface area contributed by atoms with Crippen LogP contribution in [0.2, 0.25) is 0 Å². The topological polar surface area (TPSA) is 114 Å². The smallest absolute Gasteiger partial charge is 0.411 e. The minimum Gasteiger partial charge on any atom is -0.445 e. The van der Waals surface area contributed by atoms with Crippen molar-refractivity contribution in [2.45, 2.75) is 24.4 Å². The molecule has 8 nitrogen and oxygen atoms in total. The van der Waals surface area contributed by atoms with Crippen LogP contribution in [0.5, 0.6) is 0 Å². The summed E-state index contributed by atoms with van der Waals surface area (Å²) < 4.78 is 5.59. The quantitative estimate of drug-likeness (QED) is 0.680. The maximum Gasteiger partial charge on any atom is 0.411 e. The van der Waals surface area contributed by atoms with Gasteiger partial charge in [0.05, 0.1) is 5.37 Å². The van der Waals surface area contributed by atoms with Gasteiger partial charge in [0.1, 0.15) is 12.6 Å². The maximum atomic E-state index is 13.2. The Bertz CT molecular complexity index is 1090. The van der Waals surface area contributed by atoms with E-state index >= 15 is 0 Å². The van der Waals surface area contributed by atoms with Crippen molar-refractivity contribution in [3.63, 3.8) is 0 Å². The summed E-state index contributed by atoms with van der Waals surface area (Å²) in [5, 5.41) is 2.55. The van der Waals surface area contributed by atoms with Crippen LogP contribution in [-0.2, 0) is 16.1 Å². The first-order chi connectivity index (χ1) is 16.0. The first-order valence-electron chi connectivity index (χ1n) is 10.5. The van der Waals surface area contributed by atoms with Gasteiger partial charge in [0.15, 0.2) is 0 Å². The first-order valence-corrected chi connectivity index (χ1v) is 11.6. The third-order valence-corrected chi connectivity index (χ3v) is 6.86. The summed E-state index contributed by atoms with van der Waals surface area (Å²) in [6.45, 7) is 0.116. The number of amides is 3. The highest BCUT2D eigenvalue weighted by molar-refractivity contribution is 8.00. The molecule has 0 aromatic heterocycles.